The van der Waals surface area contributed by atoms with E-state index < -0.39 is 0 Å². The molecule has 0 radical (unpaired) electrons. The first kappa shape index (κ1) is 9.23. The smallest absolute Gasteiger partial charge is 0.262 e. The Morgan fingerprint density at radius 2 is 1.75 bits per heavy atom. The van der Waals surface area contributed by atoms with Gasteiger partial charge in [-0.05, 0) is 0 Å². The summed E-state index contributed by atoms with van der Waals surface area (Å²) in [7, 11) is 0. The van der Waals surface area contributed by atoms with Gasteiger partial charge in [0.2, 0.25) is 0 Å². The van der Waals surface area contributed by atoms with Gasteiger partial charge in [0.05, 0.1) is 0 Å². The molecule has 3 heteroatoms. The van der Waals surface area contributed by atoms with Gasteiger partial charge in [0.15, 0.2) is 5.71 Å². The van der Waals surface area contributed by atoms with Gasteiger partial charge in [0.1, 0.15) is 0 Å². The quantitative estimate of drug-likeness (QED) is 0.609. The molecule has 1 N–H and O–H groups in total. The molecule has 0 aromatic rings. The van der Waals surface area contributed by atoms with Crippen LogP contribution in [0.4, 0.5) is 0 Å². The summed E-state index contributed by atoms with van der Waals surface area (Å²) < 4.78 is 1.96. The van der Waals surface area contributed by atoms with Crippen LogP contribution in [-0.4, -0.2) is 22.8 Å². The van der Waals surface area contributed by atoms with Crippen LogP contribution in [0.5, 0.6) is 0 Å². The zero-order valence-electron chi connectivity index (χ0n) is 8.22. The molecule has 0 aliphatic carbocycles. The largest absolute Gasteiger partial charge is 0.342 e. The lowest BCUT2D eigenvalue weighted by Gasteiger charge is -2.19. The second kappa shape index (κ2) is 3.25. The average Bonchev–Trinajstić information content (AvgIpc) is 1.82. The van der Waals surface area contributed by atoms with Crippen molar-refractivity contribution in [3.63, 3.8) is 0 Å². The zero-order chi connectivity index (χ0) is 9.30. The van der Waals surface area contributed by atoms with Crippen molar-refractivity contribution in [2.45, 2.75) is 27.7 Å². The number of carbonyl (C=O) groups is 1. The Bertz CT molecular complexity index is 209. The third kappa shape index (κ3) is 1.65. The molecule has 68 valence electrons. The lowest BCUT2D eigenvalue weighted by Crippen LogP contribution is -2.56. The van der Waals surface area contributed by atoms with E-state index in [9.17, 15) is 4.79 Å². The van der Waals surface area contributed by atoms with E-state index in [1.807, 2.05) is 4.68 Å². The lowest BCUT2D eigenvalue weighted by molar-refractivity contribution is -0.606. The highest BCUT2D eigenvalue weighted by atomic mass is 16.2. The Morgan fingerprint density at radius 3 is 2.00 bits per heavy atom. The highest BCUT2D eigenvalue weighted by molar-refractivity contribution is 5.87. The first-order valence-corrected chi connectivity index (χ1v) is 4.46. The van der Waals surface area contributed by atoms with Crippen molar-refractivity contribution in [2.24, 2.45) is 11.8 Å². The molecule has 3 nitrogen and oxygen atoms in total. The van der Waals surface area contributed by atoms with Crippen molar-refractivity contribution in [1.82, 2.24) is 5.43 Å². The molecule has 0 spiro atoms. The minimum Gasteiger partial charge on any atom is -0.262 e. The van der Waals surface area contributed by atoms with Crippen LogP contribution in [0.15, 0.2) is 0 Å². The molecule has 0 saturated carbocycles. The van der Waals surface area contributed by atoms with Gasteiger partial charge in [-0.25, -0.2) is 0 Å². The number of carbonyl (C=O) groups excluding carboxylic acids is 1. The molecule has 0 bridgehead atoms. The van der Waals surface area contributed by atoms with E-state index in [0.29, 0.717) is 18.4 Å². The molecule has 1 saturated heterocycles. The molecule has 1 aliphatic rings. The summed E-state index contributed by atoms with van der Waals surface area (Å²) in [6, 6.07) is 0. The number of nitrogens with one attached hydrogen (secondary N) is 1. The minimum atomic E-state index is 0.119. The van der Waals surface area contributed by atoms with Crippen LogP contribution in [-0.2, 0) is 4.79 Å². The van der Waals surface area contributed by atoms with Crippen LogP contribution in [0.3, 0.4) is 0 Å². The summed E-state index contributed by atoms with van der Waals surface area (Å²) >= 11 is 0. The van der Waals surface area contributed by atoms with Crippen molar-refractivity contribution in [3.05, 3.63) is 0 Å². The minimum absolute atomic E-state index is 0.119. The van der Waals surface area contributed by atoms with Crippen LogP contribution in [0.25, 0.3) is 0 Å². The summed E-state index contributed by atoms with van der Waals surface area (Å²) in [5.74, 6) is 1.13. The maximum absolute atomic E-state index is 10.7. The summed E-state index contributed by atoms with van der Waals surface area (Å²) in [6.45, 7) is 9.14. The molecule has 1 fully saturated rings. The zero-order valence-corrected chi connectivity index (χ0v) is 8.22. The van der Waals surface area contributed by atoms with Crippen LogP contribution in [0.1, 0.15) is 27.7 Å². The molecular formula is C9H17N2O+. The predicted octanol–water partition coefficient (Wildman–Crippen LogP) is 0.797. The molecule has 0 aromatic heterocycles. The number of hydrogen-bond donors (Lipinski definition) is 1. The third-order valence-corrected chi connectivity index (χ3v) is 2.06. The Labute approximate surface area is 73.4 Å². The van der Waals surface area contributed by atoms with Crippen molar-refractivity contribution >= 4 is 11.6 Å². The summed E-state index contributed by atoms with van der Waals surface area (Å²) in [5, 5.41) is 0. The number of hydrogen-bond acceptors (Lipinski definition) is 1. The second-order valence-corrected chi connectivity index (χ2v) is 3.86. The first-order valence-electron chi connectivity index (χ1n) is 4.46. The van der Waals surface area contributed by atoms with Gasteiger partial charge in [-0.15, -0.1) is 10.1 Å². The number of rotatable bonds is 2. The molecule has 1 heterocycles. The molecule has 0 unspecified atom stereocenters. The second-order valence-electron chi connectivity index (χ2n) is 3.86. The van der Waals surface area contributed by atoms with Gasteiger partial charge in [-0.1, -0.05) is 27.7 Å². The molecule has 12 heavy (non-hydrogen) atoms. The van der Waals surface area contributed by atoms with E-state index >= 15 is 0 Å². The van der Waals surface area contributed by atoms with E-state index in [1.165, 1.54) is 5.71 Å². The Kier molecular flexibility index (Phi) is 2.50. The highest BCUT2D eigenvalue weighted by Gasteiger charge is 2.33. The standard InChI is InChI=1S/C9H16N2O/c1-6(2)9(7(3)4)11-5-8(12)10-11/h6-7H,5H2,1-4H3/p+1. The van der Waals surface area contributed by atoms with E-state index in [0.717, 1.165) is 0 Å². The average molecular weight is 169 g/mol. The molecule has 0 aromatic carbocycles. The van der Waals surface area contributed by atoms with Crippen molar-refractivity contribution in [2.75, 3.05) is 6.54 Å². The summed E-state index contributed by atoms with van der Waals surface area (Å²) in [6.07, 6.45) is 0. The molecule has 1 amide bonds. The fourth-order valence-corrected chi connectivity index (χ4v) is 1.72. The lowest BCUT2D eigenvalue weighted by atomic mass is 9.97. The maximum atomic E-state index is 10.7. The van der Waals surface area contributed by atoms with Crippen LogP contribution in [0, 0.1) is 11.8 Å². The Balaban J connectivity index is 2.79. The van der Waals surface area contributed by atoms with Gasteiger partial charge < -0.3 is 0 Å². The van der Waals surface area contributed by atoms with Crippen LogP contribution in [0.2, 0.25) is 0 Å². The SMILES string of the molecule is CC(C)C(C(C)C)=[N+]1CC(=O)N1. The van der Waals surface area contributed by atoms with E-state index in [-0.39, 0.29) is 5.91 Å². The van der Waals surface area contributed by atoms with E-state index in [1.54, 1.807) is 0 Å². The van der Waals surface area contributed by atoms with E-state index in [2.05, 4.69) is 33.1 Å². The number of amides is 1. The highest BCUT2D eigenvalue weighted by Crippen LogP contribution is 2.08. The Hall–Kier alpha value is -0.860. The number of nitrogens with zero attached hydrogens (tertiary/aromatic N) is 1. The monoisotopic (exact) mass is 169 g/mol. The van der Waals surface area contributed by atoms with Gasteiger partial charge >= 0.3 is 5.91 Å². The van der Waals surface area contributed by atoms with Crippen molar-refractivity contribution in [3.8, 4) is 0 Å². The molecule has 1 aliphatic heterocycles. The molecule has 1 rings (SSSR count). The van der Waals surface area contributed by atoms with Gasteiger partial charge in [-0.2, -0.15) is 0 Å². The van der Waals surface area contributed by atoms with Gasteiger partial charge in [-0.3, -0.25) is 4.79 Å². The first-order chi connectivity index (χ1) is 5.52. The van der Waals surface area contributed by atoms with Crippen LogP contribution >= 0.6 is 0 Å². The Morgan fingerprint density at radius 1 is 1.33 bits per heavy atom. The molecule has 0 atom stereocenters. The topological polar surface area (TPSA) is 32.1 Å². The number of hydrazine groups is 1. The third-order valence-electron chi connectivity index (χ3n) is 2.06. The van der Waals surface area contributed by atoms with Crippen LogP contribution < -0.4 is 5.43 Å². The van der Waals surface area contributed by atoms with E-state index in [4.69, 9.17) is 0 Å². The van der Waals surface area contributed by atoms with Gasteiger partial charge in [0, 0.05) is 11.8 Å². The van der Waals surface area contributed by atoms with Crippen molar-refractivity contribution < 1.29 is 9.48 Å². The summed E-state index contributed by atoms with van der Waals surface area (Å²) in [4.78, 5) is 10.7. The van der Waals surface area contributed by atoms with Gasteiger partial charge in [0.25, 0.3) is 6.54 Å². The normalized spacial score (nSPS) is 16.5. The molecular weight excluding hydrogens is 152 g/mol. The number of hydrazone groups is 1. The maximum Gasteiger partial charge on any atom is 0.342 e. The fourth-order valence-electron chi connectivity index (χ4n) is 1.72. The summed E-state index contributed by atoms with van der Waals surface area (Å²) in [5.41, 5.74) is 4.08. The van der Waals surface area contributed by atoms with Crippen molar-refractivity contribution in [1.29, 1.82) is 0 Å². The predicted molar refractivity (Wildman–Crippen MR) is 48.0 cm³/mol. The fraction of sp³-hybridized carbons (Fsp3) is 0.778.